The Balaban J connectivity index is 1.46. The van der Waals surface area contributed by atoms with Gasteiger partial charge in [0.1, 0.15) is 5.75 Å². The number of methoxy groups -OCH3 is 1. The van der Waals surface area contributed by atoms with E-state index in [1.54, 1.807) is 7.11 Å². The third-order valence-corrected chi connectivity index (χ3v) is 5.30. The van der Waals surface area contributed by atoms with Crippen molar-refractivity contribution in [2.24, 2.45) is 0 Å². The summed E-state index contributed by atoms with van der Waals surface area (Å²) in [6.07, 6.45) is 3.42. The fraction of sp³-hybridized carbons (Fsp3) is 0.316. The van der Waals surface area contributed by atoms with Crippen LogP contribution in [-0.4, -0.2) is 36.1 Å². The highest BCUT2D eigenvalue weighted by Gasteiger charge is 2.22. The Hall–Kier alpha value is -2.71. The van der Waals surface area contributed by atoms with Crippen LogP contribution in [0.1, 0.15) is 35.2 Å². The van der Waals surface area contributed by atoms with Crippen LogP contribution in [0.4, 0.5) is 5.13 Å². The molecule has 0 bridgehead atoms. The number of benzene rings is 1. The Morgan fingerprint density at radius 3 is 2.96 bits per heavy atom. The number of ether oxygens (including phenoxy) is 1. The number of piperidine rings is 1. The number of para-hydroxylation sites is 1. The van der Waals surface area contributed by atoms with E-state index in [0.29, 0.717) is 11.0 Å². The van der Waals surface area contributed by atoms with Crippen molar-refractivity contribution in [3.05, 3.63) is 47.5 Å². The molecule has 0 radical (unpaired) electrons. The van der Waals surface area contributed by atoms with Crippen LogP contribution in [0.15, 0.2) is 40.3 Å². The number of anilines is 1. The Bertz CT molecular complexity index is 930. The molecule has 3 aromatic rings. The fourth-order valence-electron chi connectivity index (χ4n) is 3.12. The van der Waals surface area contributed by atoms with Gasteiger partial charge in [0.25, 0.3) is 5.91 Å². The lowest BCUT2D eigenvalue weighted by Gasteiger charge is -2.19. The maximum absolute atomic E-state index is 12.5. The highest BCUT2D eigenvalue weighted by molar-refractivity contribution is 7.14. The SMILES string of the molecule is COc1ccccc1-c1csc(NC(=O)c2cnc(C3CCNCC3)o2)n1. The molecule has 8 heteroatoms. The van der Waals surface area contributed by atoms with Gasteiger partial charge >= 0.3 is 0 Å². The van der Waals surface area contributed by atoms with E-state index < -0.39 is 0 Å². The topological polar surface area (TPSA) is 89.3 Å². The summed E-state index contributed by atoms with van der Waals surface area (Å²) in [4.78, 5) is 21.2. The summed E-state index contributed by atoms with van der Waals surface area (Å²) >= 11 is 1.35. The summed E-state index contributed by atoms with van der Waals surface area (Å²) in [5.74, 6) is 1.50. The number of nitrogens with one attached hydrogen (secondary N) is 2. The van der Waals surface area contributed by atoms with Crippen molar-refractivity contribution in [2.75, 3.05) is 25.5 Å². The van der Waals surface area contributed by atoms with Crippen LogP contribution in [0.2, 0.25) is 0 Å². The Morgan fingerprint density at radius 2 is 2.15 bits per heavy atom. The van der Waals surface area contributed by atoms with E-state index in [1.165, 1.54) is 17.5 Å². The summed E-state index contributed by atoms with van der Waals surface area (Å²) in [5.41, 5.74) is 1.63. The summed E-state index contributed by atoms with van der Waals surface area (Å²) in [5, 5.41) is 8.47. The third kappa shape index (κ3) is 3.86. The number of thiazole rings is 1. The van der Waals surface area contributed by atoms with Crippen molar-refractivity contribution in [1.29, 1.82) is 0 Å². The molecule has 7 nitrogen and oxygen atoms in total. The molecular weight excluding hydrogens is 364 g/mol. The van der Waals surface area contributed by atoms with Gasteiger partial charge in [-0.05, 0) is 38.1 Å². The molecule has 3 heterocycles. The van der Waals surface area contributed by atoms with Gasteiger partial charge in [-0.1, -0.05) is 12.1 Å². The first kappa shape index (κ1) is 17.7. The quantitative estimate of drug-likeness (QED) is 0.700. The van der Waals surface area contributed by atoms with Crippen molar-refractivity contribution < 1.29 is 13.9 Å². The maximum Gasteiger partial charge on any atom is 0.294 e. The molecule has 1 aliphatic rings. The van der Waals surface area contributed by atoms with E-state index >= 15 is 0 Å². The predicted molar refractivity (Wildman–Crippen MR) is 103 cm³/mol. The van der Waals surface area contributed by atoms with Gasteiger partial charge in [0, 0.05) is 16.9 Å². The van der Waals surface area contributed by atoms with E-state index in [-0.39, 0.29) is 17.6 Å². The largest absolute Gasteiger partial charge is 0.496 e. The molecule has 0 saturated carbocycles. The predicted octanol–water partition coefficient (Wildman–Crippen LogP) is 3.53. The molecule has 1 fully saturated rings. The zero-order valence-electron chi connectivity index (χ0n) is 14.9. The second-order valence-electron chi connectivity index (χ2n) is 6.28. The lowest BCUT2D eigenvalue weighted by molar-refractivity contribution is 0.0993. The van der Waals surface area contributed by atoms with Gasteiger partial charge in [-0.15, -0.1) is 11.3 Å². The number of nitrogens with zero attached hydrogens (tertiary/aromatic N) is 2. The molecular formula is C19H20N4O3S. The van der Waals surface area contributed by atoms with Gasteiger partial charge in [-0.3, -0.25) is 10.1 Å². The van der Waals surface area contributed by atoms with Crippen LogP contribution < -0.4 is 15.4 Å². The van der Waals surface area contributed by atoms with Gasteiger partial charge in [-0.2, -0.15) is 0 Å². The highest BCUT2D eigenvalue weighted by atomic mass is 32.1. The number of amides is 1. The minimum atomic E-state index is -0.344. The van der Waals surface area contributed by atoms with Crippen molar-refractivity contribution in [1.82, 2.24) is 15.3 Å². The summed E-state index contributed by atoms with van der Waals surface area (Å²) in [7, 11) is 1.62. The summed E-state index contributed by atoms with van der Waals surface area (Å²) in [6, 6.07) is 7.64. The first-order valence-corrected chi connectivity index (χ1v) is 9.69. The number of carbonyl (C=O) groups is 1. The molecule has 4 rings (SSSR count). The first-order valence-electron chi connectivity index (χ1n) is 8.81. The molecule has 2 aromatic heterocycles. The zero-order chi connectivity index (χ0) is 18.6. The third-order valence-electron chi connectivity index (χ3n) is 4.54. The van der Waals surface area contributed by atoms with Gasteiger partial charge in [0.2, 0.25) is 5.76 Å². The van der Waals surface area contributed by atoms with Gasteiger partial charge in [0.15, 0.2) is 11.0 Å². The summed E-state index contributed by atoms with van der Waals surface area (Å²) in [6.45, 7) is 1.89. The smallest absolute Gasteiger partial charge is 0.294 e. The first-order chi connectivity index (χ1) is 13.2. The Labute approximate surface area is 160 Å². The molecule has 27 heavy (non-hydrogen) atoms. The zero-order valence-corrected chi connectivity index (χ0v) is 15.7. The number of hydrogen-bond acceptors (Lipinski definition) is 7. The number of hydrogen-bond donors (Lipinski definition) is 2. The molecule has 1 saturated heterocycles. The van der Waals surface area contributed by atoms with E-state index in [1.807, 2.05) is 29.6 Å². The molecule has 2 N–H and O–H groups in total. The van der Waals surface area contributed by atoms with Crippen molar-refractivity contribution in [2.45, 2.75) is 18.8 Å². The maximum atomic E-state index is 12.5. The van der Waals surface area contributed by atoms with E-state index in [2.05, 4.69) is 20.6 Å². The highest BCUT2D eigenvalue weighted by Crippen LogP contribution is 2.32. The van der Waals surface area contributed by atoms with Crippen LogP contribution >= 0.6 is 11.3 Å². The van der Waals surface area contributed by atoms with Crippen LogP contribution in [-0.2, 0) is 0 Å². The molecule has 0 atom stereocenters. The molecule has 0 aliphatic carbocycles. The van der Waals surface area contributed by atoms with Crippen LogP contribution in [0.3, 0.4) is 0 Å². The molecule has 1 aromatic carbocycles. The normalized spacial score (nSPS) is 14.9. The minimum absolute atomic E-state index is 0.206. The second-order valence-corrected chi connectivity index (χ2v) is 7.14. The molecule has 0 unspecified atom stereocenters. The number of rotatable bonds is 5. The minimum Gasteiger partial charge on any atom is -0.496 e. The fourth-order valence-corrected chi connectivity index (χ4v) is 3.83. The lowest BCUT2D eigenvalue weighted by atomic mass is 9.98. The second kappa shape index (κ2) is 7.89. The van der Waals surface area contributed by atoms with Crippen molar-refractivity contribution in [3.63, 3.8) is 0 Å². The number of aromatic nitrogens is 2. The van der Waals surface area contributed by atoms with Crippen LogP contribution in [0.5, 0.6) is 5.75 Å². The molecule has 140 valence electrons. The van der Waals surface area contributed by atoms with Gasteiger partial charge in [-0.25, -0.2) is 9.97 Å². The average molecular weight is 384 g/mol. The van der Waals surface area contributed by atoms with E-state index in [4.69, 9.17) is 9.15 Å². The Kier molecular flexibility index (Phi) is 5.17. The molecule has 1 amide bonds. The summed E-state index contributed by atoms with van der Waals surface area (Å²) < 4.78 is 11.1. The monoisotopic (exact) mass is 384 g/mol. The van der Waals surface area contributed by atoms with Crippen LogP contribution in [0, 0.1) is 0 Å². The van der Waals surface area contributed by atoms with Crippen LogP contribution in [0.25, 0.3) is 11.3 Å². The average Bonchev–Trinajstić information content (AvgIpc) is 3.38. The van der Waals surface area contributed by atoms with E-state index in [9.17, 15) is 4.79 Å². The van der Waals surface area contributed by atoms with Gasteiger partial charge < -0.3 is 14.5 Å². The van der Waals surface area contributed by atoms with Crippen molar-refractivity contribution >= 4 is 22.4 Å². The molecule has 0 spiro atoms. The lowest BCUT2D eigenvalue weighted by Crippen LogP contribution is -2.26. The molecule has 1 aliphatic heterocycles. The van der Waals surface area contributed by atoms with Gasteiger partial charge in [0.05, 0.1) is 19.0 Å². The number of carbonyl (C=O) groups excluding carboxylic acids is 1. The van der Waals surface area contributed by atoms with Crippen molar-refractivity contribution in [3.8, 4) is 17.0 Å². The number of oxazole rings is 1. The standard InChI is InChI=1S/C19H20N4O3S/c1-25-15-5-3-2-4-13(15)14-11-27-19(22-14)23-17(24)16-10-21-18(26-16)12-6-8-20-9-7-12/h2-5,10-12,20H,6-9H2,1H3,(H,22,23,24). The van der Waals surface area contributed by atoms with E-state index in [0.717, 1.165) is 42.9 Å². The Morgan fingerprint density at radius 1 is 1.33 bits per heavy atom.